The van der Waals surface area contributed by atoms with E-state index in [1.54, 1.807) is 18.3 Å². The van der Waals surface area contributed by atoms with Crippen molar-refractivity contribution in [2.45, 2.75) is 0 Å². The average Bonchev–Trinajstić information content (AvgIpc) is 2.74. The lowest BCUT2D eigenvalue weighted by atomic mass is 10.4. The Morgan fingerprint density at radius 1 is 1.42 bits per heavy atom. The minimum atomic E-state index is -0.547. The van der Waals surface area contributed by atoms with Crippen molar-refractivity contribution in [3.63, 3.8) is 0 Å². The van der Waals surface area contributed by atoms with Crippen molar-refractivity contribution in [1.82, 2.24) is 9.55 Å². The summed E-state index contributed by atoms with van der Waals surface area (Å²) in [5.41, 5.74) is 0.191. The number of rotatable bonds is 3. The van der Waals surface area contributed by atoms with Crippen molar-refractivity contribution in [3.8, 4) is 0 Å². The normalized spacial score (nSPS) is 10.2. The zero-order valence-electron chi connectivity index (χ0n) is 9.83. The quantitative estimate of drug-likeness (QED) is 0.693. The van der Waals surface area contributed by atoms with Gasteiger partial charge in [-0.3, -0.25) is 4.79 Å². The molecule has 0 spiro atoms. The Morgan fingerprint density at radius 3 is 2.68 bits per heavy atom. The van der Waals surface area contributed by atoms with Crippen molar-refractivity contribution in [2.75, 3.05) is 5.32 Å². The molecule has 2 rings (SSSR count). The van der Waals surface area contributed by atoms with Gasteiger partial charge in [0.05, 0.1) is 7.05 Å². The Kier molecular flexibility index (Phi) is 3.61. The first-order valence-corrected chi connectivity index (χ1v) is 6.01. The van der Waals surface area contributed by atoms with Crippen molar-refractivity contribution in [1.29, 1.82) is 0 Å². The van der Waals surface area contributed by atoms with Gasteiger partial charge >= 0.3 is 5.82 Å². The van der Waals surface area contributed by atoms with Crippen LogP contribution in [0.4, 0.5) is 11.6 Å². The van der Waals surface area contributed by atoms with Gasteiger partial charge in [0.15, 0.2) is 5.69 Å². The van der Waals surface area contributed by atoms with Crippen LogP contribution in [0.3, 0.4) is 0 Å². The summed E-state index contributed by atoms with van der Waals surface area (Å²) in [6, 6.07) is 6.03. The Hall–Kier alpha value is -2.22. The number of anilines is 1. The minimum absolute atomic E-state index is 0.145. The first-order valence-electron chi connectivity index (χ1n) is 5.22. The highest BCUT2D eigenvalue weighted by atomic mass is 79.9. The second-order valence-corrected chi connectivity index (χ2v) is 4.62. The van der Waals surface area contributed by atoms with Gasteiger partial charge in [0, 0.05) is 16.7 Å². The molecule has 1 N–H and O–H groups in total. The summed E-state index contributed by atoms with van der Waals surface area (Å²) in [5.74, 6) is -0.226. The van der Waals surface area contributed by atoms with Crippen LogP contribution in [-0.2, 0) is 7.05 Å². The molecule has 0 bridgehead atoms. The third-order valence-electron chi connectivity index (χ3n) is 2.48. The van der Waals surface area contributed by atoms with Gasteiger partial charge in [-0.05, 0) is 39.1 Å². The van der Waals surface area contributed by atoms with Gasteiger partial charge in [0.2, 0.25) is 0 Å². The van der Waals surface area contributed by atoms with E-state index >= 15 is 0 Å². The van der Waals surface area contributed by atoms with Crippen LogP contribution >= 0.6 is 15.9 Å². The predicted molar refractivity (Wildman–Crippen MR) is 72.0 cm³/mol. The van der Waals surface area contributed by atoms with Crippen molar-refractivity contribution >= 4 is 33.5 Å². The number of halogens is 1. The fourth-order valence-corrected chi connectivity index (χ4v) is 1.78. The summed E-state index contributed by atoms with van der Waals surface area (Å²) in [5, 5.41) is 13.3. The molecule has 0 aliphatic rings. The number of hydrogen-bond acceptors (Lipinski definition) is 4. The molecule has 0 aliphatic carbocycles. The lowest BCUT2D eigenvalue weighted by Crippen LogP contribution is -2.16. The Morgan fingerprint density at radius 2 is 2.16 bits per heavy atom. The zero-order valence-corrected chi connectivity index (χ0v) is 11.4. The van der Waals surface area contributed by atoms with Crippen LogP contribution in [0.5, 0.6) is 0 Å². The third kappa shape index (κ3) is 2.79. The van der Waals surface area contributed by atoms with Crippen LogP contribution < -0.4 is 5.32 Å². The molecule has 0 saturated carbocycles. The van der Waals surface area contributed by atoms with E-state index in [2.05, 4.69) is 26.2 Å². The molecule has 0 atom stereocenters. The lowest BCUT2D eigenvalue weighted by Gasteiger charge is -2.03. The summed E-state index contributed by atoms with van der Waals surface area (Å²) in [7, 11) is 1.46. The molecule has 0 fully saturated rings. The fraction of sp³-hybridized carbons (Fsp3) is 0.0909. The van der Waals surface area contributed by atoms with Gasteiger partial charge in [0.25, 0.3) is 5.91 Å². The molecule has 0 radical (unpaired) electrons. The number of aromatic nitrogens is 2. The molecule has 0 unspecified atom stereocenters. The Balaban J connectivity index is 2.21. The highest BCUT2D eigenvalue weighted by molar-refractivity contribution is 9.10. The molecule has 19 heavy (non-hydrogen) atoms. The summed E-state index contributed by atoms with van der Waals surface area (Å²) >= 11 is 3.23. The van der Waals surface area contributed by atoms with Gasteiger partial charge < -0.3 is 15.4 Å². The average molecular weight is 325 g/mol. The topological polar surface area (TPSA) is 90.1 Å². The molecule has 1 amide bonds. The summed E-state index contributed by atoms with van der Waals surface area (Å²) in [4.78, 5) is 26.1. The van der Waals surface area contributed by atoms with Gasteiger partial charge in [-0.25, -0.2) is 9.55 Å². The maximum atomic E-state index is 11.9. The van der Waals surface area contributed by atoms with Crippen LogP contribution in [0, 0.1) is 10.1 Å². The van der Waals surface area contributed by atoms with E-state index in [9.17, 15) is 14.9 Å². The Labute approximate surface area is 116 Å². The maximum Gasteiger partial charge on any atom is 0.323 e. The molecule has 2 heterocycles. The number of nitro groups is 1. The fourth-order valence-electron chi connectivity index (χ4n) is 1.54. The number of nitrogens with zero attached hydrogens (tertiary/aromatic N) is 3. The van der Waals surface area contributed by atoms with Crippen LogP contribution in [0.15, 0.2) is 34.9 Å². The van der Waals surface area contributed by atoms with Gasteiger partial charge in [0.1, 0.15) is 5.82 Å². The van der Waals surface area contributed by atoms with E-state index in [0.717, 1.165) is 4.47 Å². The molecule has 0 aliphatic heterocycles. The molecular weight excluding hydrogens is 316 g/mol. The Bertz CT molecular complexity index is 636. The van der Waals surface area contributed by atoms with Gasteiger partial charge in [-0.15, -0.1) is 0 Å². The summed E-state index contributed by atoms with van der Waals surface area (Å²) < 4.78 is 2.01. The zero-order chi connectivity index (χ0) is 14.0. The van der Waals surface area contributed by atoms with Crippen LogP contribution in [0.1, 0.15) is 10.5 Å². The molecule has 8 heteroatoms. The van der Waals surface area contributed by atoms with E-state index in [1.165, 1.54) is 23.7 Å². The number of pyridine rings is 1. The van der Waals surface area contributed by atoms with Crippen molar-refractivity contribution < 1.29 is 9.72 Å². The lowest BCUT2D eigenvalue weighted by molar-refractivity contribution is -0.391. The largest absolute Gasteiger partial charge is 0.358 e. The molecule has 0 aromatic carbocycles. The van der Waals surface area contributed by atoms with Crippen LogP contribution in [0.2, 0.25) is 0 Å². The highest BCUT2D eigenvalue weighted by Gasteiger charge is 2.20. The second kappa shape index (κ2) is 5.19. The molecule has 98 valence electrons. The van der Waals surface area contributed by atoms with E-state index in [1.807, 2.05) is 0 Å². The highest BCUT2D eigenvalue weighted by Crippen LogP contribution is 2.16. The van der Waals surface area contributed by atoms with Crippen molar-refractivity contribution in [3.05, 3.63) is 50.7 Å². The number of carbonyl (C=O) groups excluding carboxylic acids is 1. The van der Waals surface area contributed by atoms with E-state index < -0.39 is 10.8 Å². The van der Waals surface area contributed by atoms with E-state index in [4.69, 9.17) is 0 Å². The molecule has 7 nitrogen and oxygen atoms in total. The van der Waals surface area contributed by atoms with Crippen LogP contribution in [0.25, 0.3) is 0 Å². The second-order valence-electron chi connectivity index (χ2n) is 3.71. The standard InChI is InChI=1S/C11H9BrN4O3/c1-15-8(3-5-10(15)16(18)19)11(17)14-9-4-2-7(12)6-13-9/h2-6H,1H3,(H,13,14,17). The third-order valence-corrected chi connectivity index (χ3v) is 2.95. The molecule has 2 aromatic rings. The number of amides is 1. The summed E-state index contributed by atoms with van der Waals surface area (Å²) in [6.07, 6.45) is 1.54. The number of carbonyl (C=O) groups is 1. The number of hydrogen-bond donors (Lipinski definition) is 1. The number of nitrogens with one attached hydrogen (secondary N) is 1. The SMILES string of the molecule is Cn1c(C(=O)Nc2ccc(Br)cn2)ccc1[N+](=O)[O-]. The molecular formula is C11H9BrN4O3. The minimum Gasteiger partial charge on any atom is -0.358 e. The van der Waals surface area contributed by atoms with Crippen molar-refractivity contribution in [2.24, 2.45) is 7.05 Å². The smallest absolute Gasteiger partial charge is 0.323 e. The van der Waals surface area contributed by atoms with Gasteiger partial charge in [-0.1, -0.05) is 0 Å². The molecule has 2 aromatic heterocycles. The maximum absolute atomic E-state index is 11.9. The molecule has 0 saturated heterocycles. The predicted octanol–water partition coefficient (Wildman–Crippen LogP) is 2.34. The van der Waals surface area contributed by atoms with Gasteiger partial charge in [-0.2, -0.15) is 0 Å². The van der Waals surface area contributed by atoms with Crippen LogP contribution in [-0.4, -0.2) is 20.4 Å². The monoisotopic (exact) mass is 324 g/mol. The summed E-state index contributed by atoms with van der Waals surface area (Å²) in [6.45, 7) is 0. The first-order chi connectivity index (χ1) is 8.99. The van der Waals surface area contributed by atoms with E-state index in [0.29, 0.717) is 5.82 Å². The van der Waals surface area contributed by atoms with E-state index in [-0.39, 0.29) is 11.5 Å². The first kappa shape index (κ1) is 13.2.